The van der Waals surface area contributed by atoms with E-state index >= 15 is 0 Å². The Balaban J connectivity index is 4.26. The van der Waals surface area contributed by atoms with E-state index in [2.05, 4.69) is 31.3 Å². The molecule has 53 heavy (non-hydrogen) atoms. The number of carbonyl (C=O) groups is 1. The zero-order valence-electron chi connectivity index (χ0n) is 34.6. The molecule has 9 nitrogen and oxygen atoms in total. The minimum atomic E-state index is -4.37. The fourth-order valence-electron chi connectivity index (χ4n) is 6.76. The second kappa shape index (κ2) is 39.4. The lowest BCUT2D eigenvalue weighted by atomic mass is 10.0. The molecule has 1 amide bonds. The Hall–Kier alpha value is -0.800. The summed E-state index contributed by atoms with van der Waals surface area (Å²) in [7, 11) is -4.37. The van der Waals surface area contributed by atoms with E-state index in [-0.39, 0.29) is 26.2 Å². The fraction of sp³-hybridized carbons (Fsp3) is 0.930. The van der Waals surface area contributed by atoms with Crippen LogP contribution in [0.15, 0.2) is 12.2 Å². The Morgan fingerprint density at radius 3 is 1.47 bits per heavy atom. The van der Waals surface area contributed by atoms with E-state index in [1.54, 1.807) is 0 Å². The van der Waals surface area contributed by atoms with Crippen molar-refractivity contribution in [2.24, 2.45) is 5.73 Å². The number of amides is 1. The molecule has 316 valence electrons. The predicted molar refractivity (Wildman–Crippen MR) is 223 cm³/mol. The van der Waals surface area contributed by atoms with Crippen molar-refractivity contribution < 1.29 is 33.5 Å². The number of nitrogens with one attached hydrogen (secondary N) is 1. The van der Waals surface area contributed by atoms with Crippen molar-refractivity contribution in [3.8, 4) is 0 Å². The van der Waals surface area contributed by atoms with Gasteiger partial charge in [-0.25, -0.2) is 4.57 Å². The molecular weight excluding hydrogens is 687 g/mol. The van der Waals surface area contributed by atoms with Gasteiger partial charge in [-0.15, -0.1) is 0 Å². The molecule has 0 heterocycles. The monoisotopic (exact) mass is 775 g/mol. The molecule has 0 aromatic rings. The van der Waals surface area contributed by atoms with E-state index in [4.69, 9.17) is 14.8 Å². The van der Waals surface area contributed by atoms with Gasteiger partial charge in [0.15, 0.2) is 0 Å². The molecule has 0 spiro atoms. The summed E-state index contributed by atoms with van der Waals surface area (Å²) in [5.74, 6) is -0.420. The summed E-state index contributed by atoms with van der Waals surface area (Å²) in [5.41, 5.74) is 5.37. The first kappa shape index (κ1) is 52.2. The van der Waals surface area contributed by atoms with Crippen molar-refractivity contribution in [3.05, 3.63) is 12.2 Å². The molecule has 0 aromatic heterocycles. The van der Waals surface area contributed by atoms with Crippen LogP contribution in [-0.4, -0.2) is 59.0 Å². The maximum Gasteiger partial charge on any atom is 0.472 e. The Kier molecular flexibility index (Phi) is 38.8. The molecule has 4 atom stereocenters. The predicted octanol–water partition coefficient (Wildman–Crippen LogP) is 11.4. The average Bonchev–Trinajstić information content (AvgIpc) is 3.13. The first-order valence-corrected chi connectivity index (χ1v) is 23.9. The lowest BCUT2D eigenvalue weighted by molar-refractivity contribution is -0.125. The normalized spacial score (nSPS) is 14.8. The molecule has 0 aliphatic carbocycles. The van der Waals surface area contributed by atoms with Crippen molar-refractivity contribution in [2.75, 3.05) is 19.8 Å². The maximum atomic E-state index is 12.8. The Morgan fingerprint density at radius 2 is 1.02 bits per heavy atom. The minimum Gasteiger partial charge on any atom is -0.393 e. The van der Waals surface area contributed by atoms with Crippen LogP contribution in [0.5, 0.6) is 0 Å². The summed E-state index contributed by atoms with van der Waals surface area (Å²) < 4.78 is 22.1. The van der Waals surface area contributed by atoms with E-state index in [0.717, 1.165) is 51.4 Å². The van der Waals surface area contributed by atoms with E-state index in [0.29, 0.717) is 12.8 Å². The van der Waals surface area contributed by atoms with Crippen LogP contribution in [0.1, 0.15) is 219 Å². The van der Waals surface area contributed by atoms with Crippen LogP contribution in [-0.2, 0) is 18.4 Å². The molecule has 0 bridgehead atoms. The van der Waals surface area contributed by atoms with Crippen LogP contribution in [0, 0.1) is 0 Å². The molecule has 0 saturated heterocycles. The Morgan fingerprint density at radius 1 is 0.623 bits per heavy atom. The van der Waals surface area contributed by atoms with Gasteiger partial charge in [-0.2, -0.15) is 0 Å². The third-order valence-corrected chi connectivity index (χ3v) is 11.2. The van der Waals surface area contributed by atoms with Crippen molar-refractivity contribution >= 4 is 13.7 Å². The number of hydrogen-bond donors (Lipinski definition) is 5. The third-order valence-electron chi connectivity index (χ3n) is 10.2. The van der Waals surface area contributed by atoms with E-state index in [9.17, 15) is 24.5 Å². The Labute approximate surface area is 327 Å². The lowest BCUT2D eigenvalue weighted by Crippen LogP contribution is -2.47. The summed E-state index contributed by atoms with van der Waals surface area (Å²) in [6.45, 7) is 4.05. The molecule has 0 radical (unpaired) electrons. The zero-order chi connectivity index (χ0) is 39.1. The highest BCUT2D eigenvalue weighted by Gasteiger charge is 2.28. The van der Waals surface area contributed by atoms with Crippen molar-refractivity contribution in [1.29, 1.82) is 0 Å². The van der Waals surface area contributed by atoms with Crippen molar-refractivity contribution in [1.82, 2.24) is 5.32 Å². The number of allylic oxidation sites excluding steroid dienone is 2. The number of rotatable bonds is 42. The number of phosphoric acid groups is 1. The highest BCUT2D eigenvalue weighted by Crippen LogP contribution is 2.43. The number of phosphoric ester groups is 1. The molecular formula is C43H87N2O7P. The molecule has 6 N–H and O–H groups in total. The Bertz CT molecular complexity index is 862. The SMILES string of the molecule is CCCCCCCCC/C=C\CCCCCC(O)CC(=O)NC(COP(=O)(O)OCCN)C(O)CCCCCCCCCCCCCCCCCCC. The molecule has 0 saturated carbocycles. The van der Waals surface area contributed by atoms with Crippen LogP contribution in [0.3, 0.4) is 0 Å². The topological polar surface area (TPSA) is 151 Å². The summed E-state index contributed by atoms with van der Waals surface area (Å²) >= 11 is 0. The molecule has 0 aromatic carbocycles. The number of aliphatic hydroxyl groups excluding tert-OH is 2. The van der Waals surface area contributed by atoms with Gasteiger partial charge < -0.3 is 26.2 Å². The zero-order valence-corrected chi connectivity index (χ0v) is 35.5. The summed E-state index contributed by atoms with van der Waals surface area (Å²) in [4.78, 5) is 22.8. The lowest BCUT2D eigenvalue weighted by Gasteiger charge is -2.25. The van der Waals surface area contributed by atoms with Gasteiger partial charge in [-0.3, -0.25) is 13.8 Å². The number of aliphatic hydroxyl groups is 2. The van der Waals surface area contributed by atoms with Gasteiger partial charge in [-0.1, -0.05) is 187 Å². The molecule has 10 heteroatoms. The summed E-state index contributed by atoms with van der Waals surface area (Å²) in [5, 5.41) is 24.2. The second-order valence-corrected chi connectivity index (χ2v) is 16.9. The fourth-order valence-corrected chi connectivity index (χ4v) is 7.52. The quantitative estimate of drug-likeness (QED) is 0.0233. The standard InChI is InChI=1S/C43H87N2O7P/c1-3-5-7-9-11-13-15-17-19-20-21-23-25-27-29-31-33-35-42(47)41(39-52-53(49,50)51-37-36-44)45-43(48)38-40(46)34-32-30-28-26-24-22-18-16-14-12-10-8-6-4-2/h22,24,40-42,46-47H,3-21,23,25-39,44H2,1-2H3,(H,45,48)(H,49,50)/b24-22-. The van der Waals surface area contributed by atoms with E-state index in [1.807, 2.05) is 0 Å². The van der Waals surface area contributed by atoms with Crippen molar-refractivity contribution in [3.63, 3.8) is 0 Å². The average molecular weight is 775 g/mol. The molecule has 0 rings (SSSR count). The largest absolute Gasteiger partial charge is 0.472 e. The highest BCUT2D eigenvalue weighted by molar-refractivity contribution is 7.47. The van der Waals surface area contributed by atoms with Gasteiger partial charge in [0.2, 0.25) is 5.91 Å². The summed E-state index contributed by atoms with van der Waals surface area (Å²) in [6, 6.07) is -0.898. The molecule has 0 fully saturated rings. The smallest absolute Gasteiger partial charge is 0.393 e. The van der Waals surface area contributed by atoms with Crippen LogP contribution in [0.25, 0.3) is 0 Å². The highest BCUT2D eigenvalue weighted by atomic mass is 31.2. The number of carbonyl (C=O) groups excluding carboxylic acids is 1. The second-order valence-electron chi connectivity index (χ2n) is 15.5. The van der Waals surface area contributed by atoms with Crippen molar-refractivity contribution in [2.45, 2.75) is 238 Å². The van der Waals surface area contributed by atoms with Crippen LogP contribution >= 0.6 is 7.82 Å². The third kappa shape index (κ3) is 37.9. The van der Waals surface area contributed by atoms with Gasteiger partial charge in [0.25, 0.3) is 0 Å². The summed E-state index contributed by atoms with van der Waals surface area (Å²) in [6.07, 6.45) is 39.6. The maximum absolute atomic E-state index is 12.8. The van der Waals surface area contributed by atoms with Gasteiger partial charge >= 0.3 is 7.82 Å². The molecule has 0 aliphatic rings. The molecule has 4 unspecified atom stereocenters. The van der Waals surface area contributed by atoms with Gasteiger partial charge in [0.1, 0.15) is 0 Å². The van der Waals surface area contributed by atoms with E-state index < -0.39 is 32.0 Å². The number of nitrogens with two attached hydrogens (primary N) is 1. The van der Waals surface area contributed by atoms with Crippen LogP contribution < -0.4 is 11.1 Å². The number of unbranched alkanes of at least 4 members (excludes halogenated alkanes) is 26. The minimum absolute atomic E-state index is 0.0594. The molecule has 0 aliphatic heterocycles. The van der Waals surface area contributed by atoms with Gasteiger partial charge in [0, 0.05) is 6.54 Å². The van der Waals surface area contributed by atoms with Gasteiger partial charge in [-0.05, 0) is 38.5 Å². The van der Waals surface area contributed by atoms with Gasteiger partial charge in [0.05, 0.1) is 37.9 Å². The first-order chi connectivity index (χ1) is 25.8. The van der Waals surface area contributed by atoms with Crippen LogP contribution in [0.2, 0.25) is 0 Å². The first-order valence-electron chi connectivity index (χ1n) is 22.4. The van der Waals surface area contributed by atoms with E-state index in [1.165, 1.54) is 135 Å². The van der Waals surface area contributed by atoms with Crippen LogP contribution in [0.4, 0.5) is 0 Å². The number of hydrogen-bond acceptors (Lipinski definition) is 7.